The smallest absolute Gasteiger partial charge is 0.219 e. The average Bonchev–Trinajstić information content (AvgIpc) is 2.22. The molecule has 18 heavy (non-hydrogen) atoms. The van der Waals surface area contributed by atoms with Gasteiger partial charge in [0, 0.05) is 32.7 Å². The van der Waals surface area contributed by atoms with Gasteiger partial charge in [-0.2, -0.15) is 5.26 Å². The molecule has 0 aromatic heterocycles. The molecule has 0 spiro atoms. The van der Waals surface area contributed by atoms with E-state index >= 15 is 0 Å². The van der Waals surface area contributed by atoms with E-state index in [1.165, 1.54) is 6.92 Å². The summed E-state index contributed by atoms with van der Waals surface area (Å²) in [5.41, 5.74) is 4.80. The molecule has 0 rings (SSSR count). The first kappa shape index (κ1) is 30.1. The van der Waals surface area contributed by atoms with Gasteiger partial charge in [0.05, 0.1) is 6.07 Å². The Balaban J connectivity index is -0.0000000416. The van der Waals surface area contributed by atoms with E-state index in [0.717, 1.165) is 7.11 Å². The number of nitrogens with two attached hydrogens (primary N) is 1. The molecule has 0 aliphatic rings. The molecular weight excluding hydrogens is 236 g/mol. The van der Waals surface area contributed by atoms with Gasteiger partial charge in [-0.3, -0.25) is 4.79 Å². The molecular formula is C12H30N2O4. The predicted octanol–water partition coefficient (Wildman–Crippen LogP) is 0.652. The van der Waals surface area contributed by atoms with E-state index in [1.54, 1.807) is 40.7 Å². The van der Waals surface area contributed by atoms with Crippen LogP contribution in [-0.2, 0) is 4.79 Å². The molecule has 1 amide bonds. The van der Waals surface area contributed by atoms with Crippen molar-refractivity contribution in [3.63, 3.8) is 0 Å². The first-order valence-electron chi connectivity index (χ1n) is 5.54. The topological polar surface area (TPSA) is 128 Å². The second kappa shape index (κ2) is 36.0. The van der Waals surface area contributed by atoms with Crippen LogP contribution >= 0.6 is 0 Å². The first-order chi connectivity index (χ1) is 8.20. The number of hydrogen-bond acceptors (Lipinski definition) is 5. The summed E-state index contributed by atoms with van der Waals surface area (Å²) in [6.07, 6.45) is -0.167. The molecule has 6 heteroatoms. The maximum absolute atomic E-state index is 9.92. The zero-order valence-electron chi connectivity index (χ0n) is 12.6. The number of primary amides is 1. The van der Waals surface area contributed by atoms with Crippen molar-refractivity contribution >= 4 is 5.91 Å². The number of aliphatic hydroxyl groups excluding tert-OH is 3. The quantitative estimate of drug-likeness (QED) is 0.554. The zero-order valence-corrected chi connectivity index (χ0v) is 12.6. The minimum absolute atomic E-state index is 0.00926. The maximum atomic E-state index is 9.92. The number of carbonyl (C=O) groups excluding carboxylic acids is 1. The predicted molar refractivity (Wildman–Crippen MR) is 73.6 cm³/mol. The van der Waals surface area contributed by atoms with Crippen LogP contribution < -0.4 is 5.73 Å². The second-order valence-corrected chi connectivity index (χ2v) is 3.19. The van der Waals surface area contributed by atoms with Gasteiger partial charge in [0.15, 0.2) is 0 Å². The molecule has 0 atom stereocenters. The molecule has 5 N–H and O–H groups in total. The van der Waals surface area contributed by atoms with Gasteiger partial charge < -0.3 is 21.1 Å². The van der Waals surface area contributed by atoms with Gasteiger partial charge in [0.1, 0.15) is 0 Å². The third-order valence-corrected chi connectivity index (χ3v) is 0.569. The highest BCUT2D eigenvalue weighted by Crippen LogP contribution is 1.84. The van der Waals surface area contributed by atoms with Crippen LogP contribution in [0.15, 0.2) is 0 Å². The number of aliphatic hydroxyl groups is 3. The Kier molecular flexibility index (Phi) is 60.3. The van der Waals surface area contributed by atoms with Crippen molar-refractivity contribution in [2.75, 3.05) is 13.7 Å². The molecule has 6 nitrogen and oxygen atoms in total. The lowest BCUT2D eigenvalue weighted by Gasteiger charge is -1.90. The molecule has 0 saturated carbocycles. The molecule has 0 aromatic carbocycles. The maximum Gasteiger partial charge on any atom is 0.219 e. The number of hydrogen-bond donors (Lipinski definition) is 4. The lowest BCUT2D eigenvalue weighted by Crippen LogP contribution is -2.17. The number of nitrogens with zero attached hydrogens (tertiary/aromatic N) is 1. The van der Waals surface area contributed by atoms with Crippen LogP contribution in [0.2, 0.25) is 0 Å². The molecule has 0 aliphatic heterocycles. The standard InChI is InChI=1S/C4H9NO.C3H8O.C2H3N.C2H6O.CH4O/c1-3(2)4(5)6;1-3(2)4;2*1-2-3;1-2/h3H,1-2H3,(H2,5,6);3-4H,1-2H3;1H3;3H,2H2,1H3;2H,1H3. The summed E-state index contributed by atoms with van der Waals surface area (Å²) in [7, 11) is 1.00. The van der Waals surface area contributed by atoms with E-state index in [-0.39, 0.29) is 24.5 Å². The van der Waals surface area contributed by atoms with Crippen molar-refractivity contribution in [1.29, 1.82) is 5.26 Å². The third kappa shape index (κ3) is 352. The fourth-order valence-corrected chi connectivity index (χ4v) is 0. The lowest BCUT2D eigenvalue weighted by molar-refractivity contribution is -0.120. The number of nitriles is 1. The van der Waals surface area contributed by atoms with Crippen molar-refractivity contribution < 1.29 is 20.1 Å². The summed E-state index contributed by atoms with van der Waals surface area (Å²) in [5.74, 6) is -0.250. The molecule has 0 bridgehead atoms. The van der Waals surface area contributed by atoms with Crippen LogP contribution in [0.5, 0.6) is 0 Å². The van der Waals surface area contributed by atoms with E-state index in [1.807, 2.05) is 0 Å². The summed E-state index contributed by atoms with van der Waals surface area (Å²) in [6, 6.07) is 1.75. The van der Waals surface area contributed by atoms with Crippen LogP contribution in [0.1, 0.15) is 41.5 Å². The monoisotopic (exact) mass is 266 g/mol. The fourth-order valence-electron chi connectivity index (χ4n) is 0. The molecule has 0 radical (unpaired) electrons. The van der Waals surface area contributed by atoms with Crippen molar-refractivity contribution in [3.8, 4) is 6.07 Å². The number of carbonyl (C=O) groups is 1. The minimum Gasteiger partial charge on any atom is -0.400 e. The van der Waals surface area contributed by atoms with Gasteiger partial charge in [-0.25, -0.2) is 0 Å². The van der Waals surface area contributed by atoms with Crippen molar-refractivity contribution in [3.05, 3.63) is 0 Å². The Morgan fingerprint density at radius 2 is 1.33 bits per heavy atom. The Bertz CT molecular complexity index is 163. The highest BCUT2D eigenvalue weighted by Gasteiger charge is 1.96. The Morgan fingerprint density at radius 3 is 1.33 bits per heavy atom. The molecule has 0 fully saturated rings. The van der Waals surface area contributed by atoms with Crippen LogP contribution in [0.3, 0.4) is 0 Å². The van der Waals surface area contributed by atoms with E-state index in [9.17, 15) is 4.79 Å². The van der Waals surface area contributed by atoms with Gasteiger partial charge in [-0.1, -0.05) is 13.8 Å². The largest absolute Gasteiger partial charge is 0.400 e. The summed E-state index contributed by atoms with van der Waals surface area (Å²) >= 11 is 0. The van der Waals surface area contributed by atoms with E-state index in [4.69, 9.17) is 26.3 Å². The molecule has 0 aliphatic carbocycles. The van der Waals surface area contributed by atoms with Crippen molar-refractivity contribution in [1.82, 2.24) is 0 Å². The highest BCUT2D eigenvalue weighted by atomic mass is 16.3. The third-order valence-electron chi connectivity index (χ3n) is 0.569. The second-order valence-electron chi connectivity index (χ2n) is 3.19. The molecule has 0 aromatic rings. The first-order valence-corrected chi connectivity index (χ1v) is 5.54. The summed E-state index contributed by atoms with van der Waals surface area (Å²) in [4.78, 5) is 9.92. The van der Waals surface area contributed by atoms with E-state index in [2.05, 4.69) is 0 Å². The molecule has 112 valence electrons. The van der Waals surface area contributed by atoms with Crippen LogP contribution in [-0.4, -0.2) is 41.0 Å². The highest BCUT2D eigenvalue weighted by molar-refractivity contribution is 5.75. The van der Waals surface area contributed by atoms with Gasteiger partial charge in [0.25, 0.3) is 0 Å². The molecule has 0 saturated heterocycles. The van der Waals surface area contributed by atoms with Crippen LogP contribution in [0.4, 0.5) is 0 Å². The van der Waals surface area contributed by atoms with E-state index in [0.29, 0.717) is 0 Å². The SMILES string of the molecule is CC#N.CC(C)C(N)=O.CC(C)O.CCO.CO. The van der Waals surface area contributed by atoms with Crippen molar-refractivity contribution in [2.45, 2.75) is 47.6 Å². The van der Waals surface area contributed by atoms with Gasteiger partial charge >= 0.3 is 0 Å². The number of rotatable bonds is 1. The average molecular weight is 266 g/mol. The van der Waals surface area contributed by atoms with Crippen LogP contribution in [0.25, 0.3) is 0 Å². The zero-order chi connectivity index (χ0) is 16.1. The van der Waals surface area contributed by atoms with Crippen LogP contribution in [0, 0.1) is 17.2 Å². The number of amides is 1. The normalized spacial score (nSPS) is 6.83. The van der Waals surface area contributed by atoms with Gasteiger partial charge in [0.2, 0.25) is 5.91 Å². The Hall–Kier alpha value is -1.16. The minimum atomic E-state index is -0.241. The molecule has 0 heterocycles. The Morgan fingerprint density at radius 1 is 1.28 bits per heavy atom. The molecule has 0 unspecified atom stereocenters. The lowest BCUT2D eigenvalue weighted by atomic mass is 10.2. The summed E-state index contributed by atoms with van der Waals surface area (Å²) in [6.45, 7) is 10.3. The van der Waals surface area contributed by atoms with E-state index < -0.39 is 0 Å². The van der Waals surface area contributed by atoms with Gasteiger partial charge in [-0.15, -0.1) is 0 Å². The van der Waals surface area contributed by atoms with Crippen molar-refractivity contribution in [2.24, 2.45) is 11.7 Å². The fraction of sp³-hybridized carbons (Fsp3) is 0.833. The Labute approximate surface area is 111 Å². The van der Waals surface area contributed by atoms with Gasteiger partial charge in [-0.05, 0) is 20.8 Å². The summed E-state index contributed by atoms with van der Waals surface area (Å²) < 4.78 is 0. The summed E-state index contributed by atoms with van der Waals surface area (Å²) in [5, 5.41) is 29.9.